The monoisotopic (exact) mass is 363 g/mol. The molecule has 2 aromatic carbocycles. The van der Waals surface area contributed by atoms with Gasteiger partial charge in [-0.05, 0) is 50.1 Å². The summed E-state index contributed by atoms with van der Waals surface area (Å²) in [6, 6.07) is 14.1. The van der Waals surface area contributed by atoms with E-state index in [1.54, 1.807) is 42.5 Å². The lowest BCUT2D eigenvalue weighted by molar-refractivity contribution is -0.130. The Labute approximate surface area is 152 Å². The number of amides is 1. The van der Waals surface area contributed by atoms with E-state index in [1.165, 1.54) is 6.92 Å². The normalized spacial score (nSPS) is 12.5. The van der Waals surface area contributed by atoms with Crippen LogP contribution in [0.4, 0.5) is 0 Å². The lowest BCUT2D eigenvalue weighted by atomic mass is 9.90. The molecule has 0 spiro atoms. The van der Waals surface area contributed by atoms with Crippen molar-refractivity contribution < 1.29 is 9.59 Å². The van der Waals surface area contributed by atoms with E-state index in [0.717, 1.165) is 5.56 Å². The van der Waals surface area contributed by atoms with Crippen molar-refractivity contribution in [3.63, 3.8) is 0 Å². The highest BCUT2D eigenvalue weighted by atomic mass is 35.5. The Bertz CT molecular complexity index is 737. The van der Waals surface area contributed by atoms with Gasteiger partial charge in [0.15, 0.2) is 0 Å². The van der Waals surface area contributed by atoms with Gasteiger partial charge in [0.2, 0.25) is 5.91 Å². The summed E-state index contributed by atoms with van der Waals surface area (Å²) >= 11 is 12.1. The van der Waals surface area contributed by atoms with Gasteiger partial charge in [-0.1, -0.05) is 53.5 Å². The van der Waals surface area contributed by atoms with E-state index in [0.29, 0.717) is 15.6 Å². The molecule has 24 heavy (non-hydrogen) atoms. The number of rotatable bonds is 5. The maximum absolute atomic E-state index is 12.7. The van der Waals surface area contributed by atoms with Gasteiger partial charge in [0, 0.05) is 10.0 Å². The largest absolute Gasteiger partial charge is 0.346 e. The average molecular weight is 364 g/mol. The molecule has 126 valence electrons. The lowest BCUT2D eigenvalue weighted by Gasteiger charge is -2.29. The van der Waals surface area contributed by atoms with Crippen LogP contribution in [0.2, 0.25) is 10.0 Å². The van der Waals surface area contributed by atoms with Crippen molar-refractivity contribution in [2.75, 3.05) is 0 Å². The van der Waals surface area contributed by atoms with Crippen LogP contribution in [0.5, 0.6) is 0 Å². The minimum atomic E-state index is -0.847. The van der Waals surface area contributed by atoms with Gasteiger partial charge in [-0.3, -0.25) is 9.59 Å². The number of nitrogens with one attached hydrogen (secondary N) is 1. The third kappa shape index (κ3) is 4.37. The van der Waals surface area contributed by atoms with E-state index in [4.69, 9.17) is 23.2 Å². The molecule has 0 heterocycles. The van der Waals surface area contributed by atoms with E-state index in [2.05, 4.69) is 5.32 Å². The van der Waals surface area contributed by atoms with Crippen LogP contribution in [0, 0.1) is 0 Å². The third-order valence-corrected chi connectivity index (χ3v) is 4.26. The summed E-state index contributed by atoms with van der Waals surface area (Å²) in [4.78, 5) is 24.8. The van der Waals surface area contributed by atoms with Crippen molar-refractivity contribution in [3.8, 4) is 0 Å². The molecule has 3 nitrogen and oxygen atoms in total. The molecule has 1 amide bonds. The minimum Gasteiger partial charge on any atom is -0.346 e. The van der Waals surface area contributed by atoms with Gasteiger partial charge in [-0.15, -0.1) is 0 Å². The average Bonchev–Trinajstić information content (AvgIpc) is 2.46. The Morgan fingerprint density at radius 3 is 2.04 bits per heavy atom. The van der Waals surface area contributed by atoms with Gasteiger partial charge in [0.05, 0.1) is 5.54 Å². The molecule has 0 saturated heterocycles. The molecule has 0 aliphatic carbocycles. The number of ketones is 1. The molecular weight excluding hydrogens is 345 g/mol. The van der Waals surface area contributed by atoms with E-state index >= 15 is 0 Å². The highest BCUT2D eigenvalue weighted by Gasteiger charge is 2.31. The fourth-order valence-electron chi connectivity index (χ4n) is 2.58. The lowest BCUT2D eigenvalue weighted by Crippen LogP contribution is -2.44. The second-order valence-electron chi connectivity index (χ2n) is 6.23. The highest BCUT2D eigenvalue weighted by molar-refractivity contribution is 6.34. The molecule has 0 radical (unpaired) electrons. The molecule has 0 aliphatic heterocycles. The molecule has 0 saturated carbocycles. The van der Waals surface area contributed by atoms with Crippen molar-refractivity contribution in [1.82, 2.24) is 5.32 Å². The second kappa shape index (κ2) is 7.37. The number of carbonyl (C=O) groups is 2. The van der Waals surface area contributed by atoms with Gasteiger partial charge < -0.3 is 5.32 Å². The van der Waals surface area contributed by atoms with Crippen molar-refractivity contribution in [3.05, 3.63) is 69.7 Å². The predicted molar refractivity (Wildman–Crippen MR) is 97.5 cm³/mol. The zero-order valence-electron chi connectivity index (χ0n) is 13.8. The molecule has 0 aromatic heterocycles. The van der Waals surface area contributed by atoms with Crippen LogP contribution >= 0.6 is 23.2 Å². The van der Waals surface area contributed by atoms with Crippen LogP contribution in [0.25, 0.3) is 0 Å². The summed E-state index contributed by atoms with van der Waals surface area (Å²) in [7, 11) is 0. The van der Waals surface area contributed by atoms with Crippen molar-refractivity contribution >= 4 is 34.9 Å². The summed E-state index contributed by atoms with van der Waals surface area (Å²) in [5, 5.41) is 3.91. The summed E-state index contributed by atoms with van der Waals surface area (Å²) in [6.07, 6.45) is 0. The van der Waals surface area contributed by atoms with Gasteiger partial charge in [0.1, 0.15) is 11.7 Å². The summed E-state index contributed by atoms with van der Waals surface area (Å²) in [6.45, 7) is 5.10. The fraction of sp³-hybridized carbons (Fsp3) is 0.263. The first-order valence-corrected chi connectivity index (χ1v) is 8.30. The second-order valence-corrected chi connectivity index (χ2v) is 7.10. The van der Waals surface area contributed by atoms with E-state index in [1.807, 2.05) is 19.9 Å². The zero-order chi connectivity index (χ0) is 17.9. The number of Topliss-reactive ketones (excluding diaryl/α,β-unsaturated/α-hetero) is 1. The molecule has 0 fully saturated rings. The number of benzene rings is 2. The smallest absolute Gasteiger partial charge is 0.235 e. The first-order chi connectivity index (χ1) is 11.2. The zero-order valence-corrected chi connectivity index (χ0v) is 15.3. The summed E-state index contributed by atoms with van der Waals surface area (Å²) in [5.74, 6) is -1.41. The van der Waals surface area contributed by atoms with Crippen LogP contribution in [0.3, 0.4) is 0 Å². The molecule has 2 rings (SSSR count). The van der Waals surface area contributed by atoms with Crippen LogP contribution in [0.15, 0.2) is 48.5 Å². The molecule has 0 aliphatic rings. The topological polar surface area (TPSA) is 46.2 Å². The first-order valence-electron chi connectivity index (χ1n) is 7.54. The number of halogens is 2. The van der Waals surface area contributed by atoms with Gasteiger partial charge in [-0.25, -0.2) is 0 Å². The molecule has 1 N–H and O–H groups in total. The van der Waals surface area contributed by atoms with Crippen molar-refractivity contribution in [2.45, 2.75) is 32.2 Å². The number of hydrogen-bond acceptors (Lipinski definition) is 2. The van der Waals surface area contributed by atoms with Gasteiger partial charge >= 0.3 is 0 Å². The van der Waals surface area contributed by atoms with Crippen molar-refractivity contribution in [2.24, 2.45) is 0 Å². The van der Waals surface area contributed by atoms with Crippen molar-refractivity contribution in [1.29, 1.82) is 0 Å². The van der Waals surface area contributed by atoms with Gasteiger partial charge in [0.25, 0.3) is 0 Å². The van der Waals surface area contributed by atoms with E-state index in [-0.39, 0.29) is 11.7 Å². The Morgan fingerprint density at radius 2 is 1.54 bits per heavy atom. The van der Waals surface area contributed by atoms with E-state index in [9.17, 15) is 9.59 Å². The van der Waals surface area contributed by atoms with Crippen LogP contribution in [-0.2, 0) is 15.1 Å². The Morgan fingerprint density at radius 1 is 1.00 bits per heavy atom. The Hall–Kier alpha value is -1.84. The number of carbonyl (C=O) groups excluding carboxylic acids is 2. The molecule has 1 unspecified atom stereocenters. The van der Waals surface area contributed by atoms with Gasteiger partial charge in [-0.2, -0.15) is 0 Å². The fourth-order valence-corrected chi connectivity index (χ4v) is 3.11. The SMILES string of the molecule is CC(=O)C(C(=O)NC(C)(C)c1cc(Cl)cc(Cl)c1)c1ccccc1. The molecule has 1 atom stereocenters. The standard InChI is InChI=1S/C19H19Cl2NO2/c1-12(23)17(13-7-5-4-6-8-13)18(24)22-19(2,3)14-9-15(20)11-16(21)10-14/h4-11,17H,1-3H3,(H,22,24). The molecular formula is C19H19Cl2NO2. The maximum atomic E-state index is 12.7. The summed E-state index contributed by atoms with van der Waals surface area (Å²) < 4.78 is 0. The summed E-state index contributed by atoms with van der Waals surface area (Å²) in [5.41, 5.74) is 0.708. The van der Waals surface area contributed by atoms with Crippen LogP contribution in [0.1, 0.15) is 37.8 Å². The third-order valence-electron chi connectivity index (χ3n) is 3.82. The van der Waals surface area contributed by atoms with E-state index < -0.39 is 11.5 Å². The minimum absolute atomic E-state index is 0.210. The molecule has 0 bridgehead atoms. The predicted octanol–water partition coefficient (Wildman–Crippen LogP) is 4.72. The highest BCUT2D eigenvalue weighted by Crippen LogP contribution is 2.28. The quantitative estimate of drug-likeness (QED) is 0.781. The Balaban J connectivity index is 2.30. The molecule has 5 heteroatoms. The number of hydrogen-bond donors (Lipinski definition) is 1. The first kappa shape index (κ1) is 18.5. The maximum Gasteiger partial charge on any atom is 0.235 e. The molecule has 2 aromatic rings. The van der Waals surface area contributed by atoms with Crippen LogP contribution < -0.4 is 5.32 Å². The van der Waals surface area contributed by atoms with Crippen LogP contribution in [-0.4, -0.2) is 11.7 Å². The Kier molecular flexibility index (Phi) is 5.68.